The Labute approximate surface area is 237 Å². The molecule has 1 heterocycles. The van der Waals surface area contributed by atoms with E-state index in [-0.39, 0.29) is 48.8 Å². The maximum absolute atomic E-state index is 15.0. The van der Waals surface area contributed by atoms with Crippen molar-refractivity contribution in [2.24, 2.45) is 11.8 Å². The van der Waals surface area contributed by atoms with Crippen LogP contribution in [-0.4, -0.2) is 44.2 Å². The highest BCUT2D eigenvalue weighted by molar-refractivity contribution is 7.92. The van der Waals surface area contributed by atoms with E-state index < -0.39 is 60.8 Å². The van der Waals surface area contributed by atoms with Crippen molar-refractivity contribution in [3.63, 3.8) is 0 Å². The highest BCUT2D eigenvalue weighted by atomic mass is 32.2. The molecule has 0 spiro atoms. The van der Waals surface area contributed by atoms with E-state index in [4.69, 9.17) is 0 Å². The number of hydrogen-bond donors (Lipinski definition) is 0. The molecule has 3 aliphatic rings. The summed E-state index contributed by atoms with van der Waals surface area (Å²) in [6.45, 7) is 1.84. The Bertz CT molecular complexity index is 1520. The zero-order valence-electron chi connectivity index (χ0n) is 22.3. The molecule has 5 rings (SSSR count). The topological polar surface area (TPSA) is 54.5 Å². The number of halogens is 8. The summed E-state index contributed by atoms with van der Waals surface area (Å²) in [5, 5.41) is 0. The third-order valence-corrected chi connectivity index (χ3v) is 11.5. The Morgan fingerprint density at radius 3 is 2.24 bits per heavy atom. The van der Waals surface area contributed by atoms with Gasteiger partial charge >= 0.3 is 18.0 Å². The molecular formula is C29H27F8NO3S. The van der Waals surface area contributed by atoms with Crippen molar-refractivity contribution in [1.82, 2.24) is 4.90 Å². The minimum atomic E-state index is -6.34. The first kappa shape index (κ1) is 30.5. The fourth-order valence-electron chi connectivity index (χ4n) is 6.85. The van der Waals surface area contributed by atoms with Crippen LogP contribution in [0.2, 0.25) is 0 Å². The molecule has 0 bridgehead atoms. The number of aryl methyl sites for hydroxylation is 1. The lowest BCUT2D eigenvalue weighted by Crippen LogP contribution is -2.54. The second-order valence-corrected chi connectivity index (χ2v) is 13.4. The molecule has 2 unspecified atom stereocenters. The molecule has 1 fully saturated rings. The molecule has 0 radical (unpaired) electrons. The van der Waals surface area contributed by atoms with Gasteiger partial charge in [0.1, 0.15) is 10.6 Å². The smallest absolute Gasteiger partial charge is 0.337 e. The van der Waals surface area contributed by atoms with E-state index in [0.29, 0.717) is 25.0 Å². The van der Waals surface area contributed by atoms with Crippen LogP contribution in [0.15, 0.2) is 59.5 Å². The summed E-state index contributed by atoms with van der Waals surface area (Å²) in [6, 6.07) is 4.60. The summed E-state index contributed by atoms with van der Waals surface area (Å²) in [4.78, 5) is 14.8. The lowest BCUT2D eigenvalue weighted by atomic mass is 9.76. The van der Waals surface area contributed by atoms with Crippen molar-refractivity contribution < 1.29 is 48.3 Å². The van der Waals surface area contributed by atoms with Gasteiger partial charge in [0.05, 0.1) is 10.9 Å². The van der Waals surface area contributed by atoms with Crippen molar-refractivity contribution >= 4 is 15.7 Å². The Morgan fingerprint density at radius 1 is 0.952 bits per heavy atom. The number of hydrogen-bond acceptors (Lipinski definition) is 3. The Morgan fingerprint density at radius 2 is 1.62 bits per heavy atom. The second-order valence-electron chi connectivity index (χ2n) is 11.2. The molecule has 1 saturated heterocycles. The van der Waals surface area contributed by atoms with Crippen molar-refractivity contribution in [2.75, 3.05) is 6.54 Å². The monoisotopic (exact) mass is 621 g/mol. The number of likely N-dealkylation sites (tertiary alicyclic amines) is 1. The maximum Gasteiger partial charge on any atom is 0.435 e. The molecule has 228 valence electrons. The summed E-state index contributed by atoms with van der Waals surface area (Å²) in [5.74, 6) is -1.66. The molecule has 1 aliphatic heterocycles. The van der Waals surface area contributed by atoms with Gasteiger partial charge in [-0.15, -0.1) is 0 Å². The molecule has 0 N–H and O–H groups in total. The van der Waals surface area contributed by atoms with Crippen LogP contribution in [0.4, 0.5) is 35.1 Å². The van der Waals surface area contributed by atoms with Gasteiger partial charge in [-0.25, -0.2) is 17.2 Å². The first-order valence-electron chi connectivity index (χ1n) is 13.4. The zero-order chi connectivity index (χ0) is 30.9. The van der Waals surface area contributed by atoms with Crippen LogP contribution in [0.5, 0.6) is 0 Å². The van der Waals surface area contributed by atoms with Gasteiger partial charge in [0.25, 0.3) is 0 Å². The highest BCUT2D eigenvalue weighted by Crippen LogP contribution is 2.57. The van der Waals surface area contributed by atoms with Crippen LogP contribution in [0.25, 0.3) is 0 Å². The number of alkyl halides is 7. The fraction of sp³-hybridized carbons (Fsp3) is 0.483. The van der Waals surface area contributed by atoms with Gasteiger partial charge in [0.15, 0.2) is 9.84 Å². The van der Waals surface area contributed by atoms with Gasteiger partial charge in [-0.1, -0.05) is 43.3 Å². The van der Waals surface area contributed by atoms with Gasteiger partial charge in [-0.3, -0.25) is 4.79 Å². The van der Waals surface area contributed by atoms with Crippen molar-refractivity contribution in [3.05, 3.63) is 77.1 Å². The number of rotatable bonds is 4. The molecule has 2 aromatic rings. The van der Waals surface area contributed by atoms with E-state index in [1.165, 1.54) is 11.0 Å². The van der Waals surface area contributed by atoms with E-state index in [0.717, 1.165) is 24.3 Å². The van der Waals surface area contributed by atoms with Crippen LogP contribution in [0.3, 0.4) is 0 Å². The first-order valence-corrected chi connectivity index (χ1v) is 14.9. The summed E-state index contributed by atoms with van der Waals surface area (Å²) in [6.07, 6.45) is -8.37. The average Bonchev–Trinajstić information content (AvgIpc) is 3.32. The van der Waals surface area contributed by atoms with Crippen molar-refractivity contribution in [1.29, 1.82) is 0 Å². The lowest BCUT2D eigenvalue weighted by molar-refractivity contribution is -0.348. The van der Waals surface area contributed by atoms with E-state index >= 15 is 0 Å². The largest absolute Gasteiger partial charge is 0.435 e. The number of nitrogens with zero attached hydrogens (tertiary/aromatic N) is 1. The van der Waals surface area contributed by atoms with Crippen molar-refractivity contribution in [2.45, 2.75) is 72.7 Å². The number of fused-ring (bicyclic) bond motifs is 3. The quantitative estimate of drug-likeness (QED) is 0.275. The van der Waals surface area contributed by atoms with Gasteiger partial charge < -0.3 is 4.90 Å². The molecular weight excluding hydrogens is 594 g/mol. The van der Waals surface area contributed by atoms with Crippen LogP contribution in [-0.2, 0) is 31.5 Å². The normalized spacial score (nSPS) is 26.6. The van der Waals surface area contributed by atoms with E-state index in [9.17, 15) is 48.3 Å². The summed E-state index contributed by atoms with van der Waals surface area (Å²) >= 11 is 0. The van der Waals surface area contributed by atoms with E-state index in [2.05, 4.69) is 0 Å². The number of carbonyl (C=O) groups excluding carboxylic acids is 1. The zero-order valence-corrected chi connectivity index (χ0v) is 23.1. The molecule has 0 saturated carbocycles. The van der Waals surface area contributed by atoms with Gasteiger partial charge in [-0.2, -0.15) is 26.3 Å². The Balaban J connectivity index is 1.69. The predicted octanol–water partition coefficient (Wildman–Crippen LogP) is 6.93. The molecule has 0 aromatic heterocycles. The minimum Gasteiger partial charge on any atom is -0.337 e. The minimum absolute atomic E-state index is 0.0434. The van der Waals surface area contributed by atoms with Gasteiger partial charge in [0, 0.05) is 18.0 Å². The van der Waals surface area contributed by atoms with Crippen LogP contribution in [0, 0.1) is 17.7 Å². The van der Waals surface area contributed by atoms with E-state index in [1.54, 1.807) is 0 Å². The van der Waals surface area contributed by atoms with Crippen molar-refractivity contribution in [3.8, 4) is 0 Å². The van der Waals surface area contributed by atoms with Gasteiger partial charge in [-0.05, 0) is 67.3 Å². The SMILES string of the molecule is C[C@H]1CC=CC[C@H]1C(=O)N1CCC2(S(=O)(=O)c3cccc(F)c3)c3ccc(C(F)(C(F)(F)F)C(F)(F)F)cc3CCC12. The first-order chi connectivity index (χ1) is 19.5. The standard InChI is InChI=1S/C29H27F8NO3S/c1-17-5-2-3-8-22(17)25(39)38-14-13-26(42(40,41)21-7-4-6-20(30)16-21)23-11-10-19(15-18(23)9-12-24(26)38)27(31,28(32,33)34)29(35,36)37/h2-4,6-7,10-11,15-17,22,24H,5,8-9,12-14H2,1H3/t17-,22+,24?,26?/m0/s1. The second kappa shape index (κ2) is 10.1. The van der Waals surface area contributed by atoms with Crippen LogP contribution < -0.4 is 0 Å². The van der Waals surface area contributed by atoms with Gasteiger partial charge in [0.2, 0.25) is 5.91 Å². The molecule has 1 amide bonds. The molecule has 13 heteroatoms. The number of allylic oxidation sites excluding steroid dienone is 2. The number of carbonyl (C=O) groups is 1. The molecule has 42 heavy (non-hydrogen) atoms. The Kier molecular flexibility index (Phi) is 7.30. The summed E-state index contributed by atoms with van der Waals surface area (Å²) in [5.41, 5.74) is -7.73. The van der Waals surface area contributed by atoms with Crippen LogP contribution >= 0.6 is 0 Å². The molecule has 2 aliphatic carbocycles. The molecule has 2 aromatic carbocycles. The summed E-state index contributed by atoms with van der Waals surface area (Å²) in [7, 11) is -4.60. The molecule has 4 atom stereocenters. The molecule has 4 nitrogen and oxygen atoms in total. The summed E-state index contributed by atoms with van der Waals surface area (Å²) < 4.78 is 137. The predicted molar refractivity (Wildman–Crippen MR) is 136 cm³/mol. The number of sulfone groups is 1. The van der Waals surface area contributed by atoms with Crippen LogP contribution in [0.1, 0.15) is 49.3 Å². The maximum atomic E-state index is 15.0. The average molecular weight is 622 g/mol. The highest BCUT2D eigenvalue weighted by Gasteiger charge is 2.74. The van der Waals surface area contributed by atoms with E-state index in [1.807, 2.05) is 19.1 Å². The third-order valence-electron chi connectivity index (χ3n) is 9.00. The Hall–Kier alpha value is -2.96. The number of amides is 1. The fourth-order valence-corrected chi connectivity index (χ4v) is 9.24. The third kappa shape index (κ3) is 4.36. The lowest BCUT2D eigenvalue weighted by Gasteiger charge is -2.44. The number of benzene rings is 2.